The number of imidazole rings is 1. The monoisotopic (exact) mass is 351 g/mol. The fourth-order valence-electron chi connectivity index (χ4n) is 2.82. The third-order valence-electron chi connectivity index (χ3n) is 4.09. The highest BCUT2D eigenvalue weighted by atomic mass is 16.5. The predicted octanol–water partition coefficient (Wildman–Crippen LogP) is 2.50. The van der Waals surface area contributed by atoms with E-state index in [4.69, 9.17) is 9.15 Å². The highest BCUT2D eigenvalue weighted by molar-refractivity contribution is 5.88. The molecule has 0 bridgehead atoms. The molecule has 2 N–H and O–H groups in total. The second kappa shape index (κ2) is 6.75. The summed E-state index contributed by atoms with van der Waals surface area (Å²) in [7, 11) is 1.58. The Morgan fingerprint density at radius 2 is 2.23 bits per heavy atom. The topological polar surface area (TPSA) is 98.0 Å². The standard InChI is InChI=1S/C18H17N5O3/c1-25-16-7-14-12(6-13(16)17-9-20-11-26-17)15(24)8-18(22-14)21-3-5-23-4-2-19-10-23/h2,4,6-11H,3,5H2,1H3,(H2,21,22,24). The highest BCUT2D eigenvalue weighted by Crippen LogP contribution is 2.32. The fraction of sp³-hybridized carbons (Fsp3) is 0.167. The molecule has 8 nitrogen and oxygen atoms in total. The number of aromatic amines is 1. The van der Waals surface area contributed by atoms with E-state index >= 15 is 0 Å². The molecule has 0 spiro atoms. The molecule has 3 heterocycles. The summed E-state index contributed by atoms with van der Waals surface area (Å²) in [6.07, 6.45) is 8.30. The van der Waals surface area contributed by atoms with E-state index in [0.29, 0.717) is 40.3 Å². The summed E-state index contributed by atoms with van der Waals surface area (Å²) in [6, 6.07) is 5.09. The van der Waals surface area contributed by atoms with Gasteiger partial charge in [0.1, 0.15) is 11.6 Å². The molecule has 4 rings (SSSR count). The summed E-state index contributed by atoms with van der Waals surface area (Å²) in [5, 5.41) is 3.78. The van der Waals surface area contributed by atoms with Crippen LogP contribution in [0.2, 0.25) is 0 Å². The van der Waals surface area contributed by atoms with Crippen molar-refractivity contribution in [3.63, 3.8) is 0 Å². The molecule has 0 atom stereocenters. The Morgan fingerprint density at radius 3 is 2.96 bits per heavy atom. The number of anilines is 1. The van der Waals surface area contributed by atoms with Gasteiger partial charge in [-0.25, -0.2) is 9.97 Å². The van der Waals surface area contributed by atoms with Crippen molar-refractivity contribution in [1.29, 1.82) is 0 Å². The number of nitrogens with zero attached hydrogens (tertiary/aromatic N) is 3. The fourth-order valence-corrected chi connectivity index (χ4v) is 2.82. The number of aromatic nitrogens is 4. The molecule has 0 saturated heterocycles. The molecule has 4 aromatic rings. The van der Waals surface area contributed by atoms with Crippen LogP contribution in [-0.4, -0.2) is 33.2 Å². The third kappa shape index (κ3) is 3.04. The lowest BCUT2D eigenvalue weighted by Crippen LogP contribution is -2.13. The zero-order valence-corrected chi connectivity index (χ0v) is 14.1. The first-order chi connectivity index (χ1) is 12.7. The van der Waals surface area contributed by atoms with E-state index in [1.54, 1.807) is 44.0 Å². The molecule has 0 saturated carbocycles. The number of oxazole rings is 1. The minimum Gasteiger partial charge on any atom is -0.496 e. The number of ether oxygens (including phenoxy) is 1. The number of nitrogens with one attached hydrogen (secondary N) is 2. The first kappa shape index (κ1) is 15.9. The Bertz CT molecular complexity index is 1070. The van der Waals surface area contributed by atoms with E-state index in [2.05, 4.69) is 20.3 Å². The van der Waals surface area contributed by atoms with Crippen molar-refractivity contribution in [2.45, 2.75) is 6.54 Å². The van der Waals surface area contributed by atoms with Crippen LogP contribution in [0.5, 0.6) is 5.75 Å². The Balaban J connectivity index is 1.66. The van der Waals surface area contributed by atoms with Gasteiger partial charge in [0.05, 0.1) is 30.7 Å². The number of benzene rings is 1. The second-order valence-electron chi connectivity index (χ2n) is 5.74. The summed E-state index contributed by atoms with van der Waals surface area (Å²) in [4.78, 5) is 23.7. The van der Waals surface area contributed by atoms with Crippen LogP contribution in [0.25, 0.3) is 22.2 Å². The minimum atomic E-state index is -0.0905. The van der Waals surface area contributed by atoms with E-state index in [-0.39, 0.29) is 5.43 Å². The molecule has 0 aliphatic rings. The number of pyridine rings is 1. The average Bonchev–Trinajstić information content (AvgIpc) is 3.34. The largest absolute Gasteiger partial charge is 0.496 e. The smallest absolute Gasteiger partial charge is 0.191 e. The third-order valence-corrected chi connectivity index (χ3v) is 4.09. The number of fused-ring (bicyclic) bond motifs is 1. The molecule has 0 amide bonds. The van der Waals surface area contributed by atoms with E-state index < -0.39 is 0 Å². The van der Waals surface area contributed by atoms with Crippen molar-refractivity contribution >= 4 is 16.7 Å². The van der Waals surface area contributed by atoms with Crippen molar-refractivity contribution in [3.05, 3.63) is 59.7 Å². The van der Waals surface area contributed by atoms with E-state index in [1.807, 2.05) is 10.8 Å². The number of methoxy groups -OCH3 is 1. The lowest BCUT2D eigenvalue weighted by atomic mass is 10.1. The normalized spacial score (nSPS) is 11.0. The maximum absolute atomic E-state index is 12.6. The Kier molecular flexibility index (Phi) is 4.14. The maximum Gasteiger partial charge on any atom is 0.191 e. The molecule has 0 unspecified atom stereocenters. The van der Waals surface area contributed by atoms with Crippen molar-refractivity contribution in [2.75, 3.05) is 19.0 Å². The van der Waals surface area contributed by atoms with E-state index in [9.17, 15) is 4.79 Å². The maximum atomic E-state index is 12.6. The Labute approximate surface area is 148 Å². The molecular weight excluding hydrogens is 334 g/mol. The van der Waals surface area contributed by atoms with E-state index in [1.165, 1.54) is 6.39 Å². The summed E-state index contributed by atoms with van der Waals surface area (Å²) in [6.45, 7) is 1.40. The minimum absolute atomic E-state index is 0.0905. The Morgan fingerprint density at radius 1 is 1.31 bits per heavy atom. The molecule has 26 heavy (non-hydrogen) atoms. The summed E-state index contributed by atoms with van der Waals surface area (Å²) >= 11 is 0. The number of hydrogen-bond donors (Lipinski definition) is 2. The van der Waals surface area contributed by atoms with Crippen LogP contribution in [-0.2, 0) is 6.54 Å². The predicted molar refractivity (Wildman–Crippen MR) is 97.3 cm³/mol. The van der Waals surface area contributed by atoms with Gasteiger partial charge in [0.25, 0.3) is 0 Å². The van der Waals surface area contributed by atoms with Gasteiger partial charge in [-0.15, -0.1) is 0 Å². The van der Waals surface area contributed by atoms with Crippen molar-refractivity contribution in [2.24, 2.45) is 0 Å². The number of H-pyrrole nitrogens is 1. The van der Waals surface area contributed by atoms with Crippen molar-refractivity contribution in [1.82, 2.24) is 19.5 Å². The molecule has 0 radical (unpaired) electrons. The van der Waals surface area contributed by atoms with Gasteiger partial charge in [0.15, 0.2) is 17.6 Å². The van der Waals surface area contributed by atoms with Crippen LogP contribution in [0.4, 0.5) is 5.82 Å². The molecule has 0 aliphatic heterocycles. The molecule has 3 aromatic heterocycles. The molecule has 0 fully saturated rings. The van der Waals surface area contributed by atoms with Crippen LogP contribution in [0, 0.1) is 0 Å². The lowest BCUT2D eigenvalue weighted by Gasteiger charge is -2.11. The Hall–Kier alpha value is -3.55. The van der Waals surface area contributed by atoms with Gasteiger partial charge in [-0.3, -0.25) is 4.79 Å². The van der Waals surface area contributed by atoms with Crippen LogP contribution in [0.3, 0.4) is 0 Å². The van der Waals surface area contributed by atoms with Crippen molar-refractivity contribution < 1.29 is 9.15 Å². The van der Waals surface area contributed by atoms with Gasteiger partial charge in [-0.1, -0.05) is 0 Å². The van der Waals surface area contributed by atoms with Gasteiger partial charge < -0.3 is 24.0 Å². The zero-order chi connectivity index (χ0) is 17.9. The van der Waals surface area contributed by atoms with Crippen molar-refractivity contribution in [3.8, 4) is 17.1 Å². The van der Waals surface area contributed by atoms with Gasteiger partial charge >= 0.3 is 0 Å². The molecule has 1 aromatic carbocycles. The van der Waals surface area contributed by atoms with Gasteiger partial charge in [-0.2, -0.15) is 0 Å². The SMILES string of the molecule is COc1cc2[nH]c(NCCn3ccnc3)cc(=O)c2cc1-c1cnco1. The molecule has 0 aliphatic carbocycles. The second-order valence-corrected chi connectivity index (χ2v) is 5.74. The summed E-state index contributed by atoms with van der Waals surface area (Å²) < 4.78 is 12.7. The molecular formula is C18H17N5O3. The zero-order valence-electron chi connectivity index (χ0n) is 14.1. The molecule has 8 heteroatoms. The lowest BCUT2D eigenvalue weighted by molar-refractivity contribution is 0.415. The van der Waals surface area contributed by atoms with Crippen LogP contribution < -0.4 is 15.5 Å². The van der Waals surface area contributed by atoms with Crippen LogP contribution in [0.15, 0.2) is 58.7 Å². The first-order valence-corrected chi connectivity index (χ1v) is 8.08. The van der Waals surface area contributed by atoms with Gasteiger partial charge in [0.2, 0.25) is 0 Å². The van der Waals surface area contributed by atoms with Gasteiger partial charge in [0, 0.05) is 43.0 Å². The first-order valence-electron chi connectivity index (χ1n) is 8.08. The average molecular weight is 351 g/mol. The quantitative estimate of drug-likeness (QED) is 0.554. The molecule has 132 valence electrons. The number of hydrogen-bond acceptors (Lipinski definition) is 6. The van der Waals surface area contributed by atoms with Crippen LogP contribution in [0.1, 0.15) is 0 Å². The number of rotatable bonds is 6. The highest BCUT2D eigenvalue weighted by Gasteiger charge is 2.13. The summed E-state index contributed by atoms with van der Waals surface area (Å²) in [5.74, 6) is 1.79. The van der Waals surface area contributed by atoms with E-state index in [0.717, 1.165) is 6.54 Å². The van der Waals surface area contributed by atoms with Crippen LogP contribution >= 0.6 is 0 Å². The van der Waals surface area contributed by atoms with Gasteiger partial charge in [-0.05, 0) is 6.07 Å². The summed E-state index contributed by atoms with van der Waals surface area (Å²) in [5.41, 5.74) is 1.28.